The predicted molar refractivity (Wildman–Crippen MR) is 93.2 cm³/mol. The number of aromatic nitrogens is 1. The molecule has 0 unspecified atom stereocenters. The first-order valence-corrected chi connectivity index (χ1v) is 8.24. The molecule has 122 valence electrons. The quantitative estimate of drug-likeness (QED) is 0.721. The molecule has 5 nitrogen and oxygen atoms in total. The van der Waals surface area contributed by atoms with Gasteiger partial charge in [-0.15, -0.1) is 11.3 Å². The van der Waals surface area contributed by atoms with Crippen LogP contribution in [-0.2, 0) is 13.2 Å². The molecule has 2 N–H and O–H groups in total. The van der Waals surface area contributed by atoms with Crippen LogP contribution in [0.5, 0.6) is 5.75 Å². The van der Waals surface area contributed by atoms with E-state index in [1.165, 1.54) is 6.20 Å². The van der Waals surface area contributed by atoms with E-state index in [4.69, 9.17) is 4.74 Å². The van der Waals surface area contributed by atoms with E-state index in [-0.39, 0.29) is 12.5 Å². The van der Waals surface area contributed by atoms with E-state index in [1.54, 1.807) is 41.8 Å². The summed E-state index contributed by atoms with van der Waals surface area (Å²) in [4.78, 5) is 17.5. The molecule has 0 bridgehead atoms. The largest absolute Gasteiger partial charge is 0.488 e. The van der Waals surface area contributed by atoms with Gasteiger partial charge in [0.2, 0.25) is 0 Å². The Labute approximate surface area is 143 Å². The average Bonchev–Trinajstić information content (AvgIpc) is 3.14. The number of aliphatic hydroxyl groups excluding tert-OH is 1. The fourth-order valence-corrected chi connectivity index (χ4v) is 2.76. The van der Waals surface area contributed by atoms with Crippen molar-refractivity contribution >= 4 is 22.9 Å². The summed E-state index contributed by atoms with van der Waals surface area (Å²) in [5.74, 6) is 0.351. The van der Waals surface area contributed by atoms with E-state index in [9.17, 15) is 9.90 Å². The van der Waals surface area contributed by atoms with Crippen molar-refractivity contribution in [3.63, 3.8) is 0 Å². The summed E-state index contributed by atoms with van der Waals surface area (Å²) in [6, 6.07) is 12.6. The maximum Gasteiger partial charge on any atom is 0.255 e. The molecule has 1 aromatic carbocycles. The lowest BCUT2D eigenvalue weighted by Crippen LogP contribution is -2.13. The Morgan fingerprint density at radius 3 is 2.96 bits per heavy atom. The van der Waals surface area contributed by atoms with Gasteiger partial charge < -0.3 is 15.2 Å². The molecule has 2 heterocycles. The normalized spacial score (nSPS) is 10.4. The van der Waals surface area contributed by atoms with E-state index in [0.717, 1.165) is 4.88 Å². The van der Waals surface area contributed by atoms with E-state index >= 15 is 0 Å². The van der Waals surface area contributed by atoms with Gasteiger partial charge in [0.15, 0.2) is 0 Å². The number of benzene rings is 1. The Hall–Kier alpha value is -2.70. The van der Waals surface area contributed by atoms with Crippen molar-refractivity contribution in [3.05, 3.63) is 76.2 Å². The Balaban J connectivity index is 1.69. The second-order valence-corrected chi connectivity index (χ2v) is 6.07. The lowest BCUT2D eigenvalue weighted by Gasteiger charge is -2.10. The average molecular weight is 340 g/mol. The van der Waals surface area contributed by atoms with Gasteiger partial charge in [-0.3, -0.25) is 9.78 Å². The third-order valence-electron chi connectivity index (χ3n) is 3.39. The van der Waals surface area contributed by atoms with Crippen molar-refractivity contribution in [1.29, 1.82) is 0 Å². The van der Waals surface area contributed by atoms with Gasteiger partial charge in [0, 0.05) is 22.2 Å². The van der Waals surface area contributed by atoms with Gasteiger partial charge in [-0.25, -0.2) is 0 Å². The minimum atomic E-state index is -0.278. The van der Waals surface area contributed by atoms with Crippen LogP contribution in [0.15, 0.2) is 60.2 Å². The highest BCUT2D eigenvalue weighted by Crippen LogP contribution is 2.19. The first kappa shape index (κ1) is 16.2. The van der Waals surface area contributed by atoms with Crippen LogP contribution in [0.2, 0.25) is 0 Å². The second-order valence-electron chi connectivity index (χ2n) is 5.04. The lowest BCUT2D eigenvalue weighted by molar-refractivity contribution is 0.102. The van der Waals surface area contributed by atoms with Crippen LogP contribution >= 0.6 is 11.3 Å². The molecule has 3 rings (SSSR count). The summed E-state index contributed by atoms with van der Waals surface area (Å²) in [6.07, 6.45) is 3.08. The van der Waals surface area contributed by atoms with Gasteiger partial charge >= 0.3 is 0 Å². The number of nitrogens with zero attached hydrogens (tertiary/aromatic N) is 1. The number of amides is 1. The maximum absolute atomic E-state index is 12.4. The fraction of sp³-hybridized carbons (Fsp3) is 0.111. The van der Waals surface area contributed by atoms with Crippen molar-refractivity contribution in [3.8, 4) is 5.75 Å². The Kier molecular flexibility index (Phi) is 5.20. The van der Waals surface area contributed by atoms with Crippen LogP contribution in [0, 0.1) is 0 Å². The summed E-state index contributed by atoms with van der Waals surface area (Å²) in [5, 5.41) is 14.1. The van der Waals surface area contributed by atoms with Crippen LogP contribution in [0.25, 0.3) is 0 Å². The Bertz CT molecular complexity index is 819. The number of thiophene rings is 1. The van der Waals surface area contributed by atoms with Crippen LogP contribution in [-0.4, -0.2) is 16.0 Å². The summed E-state index contributed by atoms with van der Waals surface area (Å²) in [6.45, 7) is 0.308. The van der Waals surface area contributed by atoms with Crippen molar-refractivity contribution in [1.82, 2.24) is 4.98 Å². The number of aliphatic hydroxyl groups is 1. The minimum Gasteiger partial charge on any atom is -0.488 e. The first-order valence-electron chi connectivity index (χ1n) is 7.36. The van der Waals surface area contributed by atoms with Crippen LogP contribution < -0.4 is 10.1 Å². The number of hydrogen-bond donors (Lipinski definition) is 2. The van der Waals surface area contributed by atoms with Crippen molar-refractivity contribution in [2.75, 3.05) is 5.32 Å². The van der Waals surface area contributed by atoms with Gasteiger partial charge in [-0.2, -0.15) is 0 Å². The monoisotopic (exact) mass is 340 g/mol. The van der Waals surface area contributed by atoms with Gasteiger partial charge in [-0.1, -0.05) is 12.1 Å². The number of pyridine rings is 1. The molecule has 0 fully saturated rings. The lowest BCUT2D eigenvalue weighted by atomic mass is 10.2. The number of rotatable bonds is 6. The smallest absolute Gasteiger partial charge is 0.255 e. The van der Waals surface area contributed by atoms with Crippen LogP contribution in [0.3, 0.4) is 0 Å². The standard InChI is InChI=1S/C18H16N2O3S/c21-11-14-6-7-19-10-17(14)20-18(22)13-3-1-4-15(9-13)23-12-16-5-2-8-24-16/h1-10,21H,11-12H2,(H,20,22). The molecule has 0 spiro atoms. The van der Waals surface area contributed by atoms with E-state index < -0.39 is 0 Å². The molecule has 1 amide bonds. The SMILES string of the molecule is O=C(Nc1cnccc1CO)c1cccc(OCc2cccs2)c1. The molecule has 6 heteroatoms. The van der Waals surface area contributed by atoms with Crippen molar-refractivity contribution < 1.29 is 14.6 Å². The zero-order valence-corrected chi connectivity index (χ0v) is 13.6. The third kappa shape index (κ3) is 3.98. The summed E-state index contributed by atoms with van der Waals surface area (Å²) in [7, 11) is 0. The van der Waals surface area contributed by atoms with E-state index in [0.29, 0.717) is 29.2 Å². The first-order chi connectivity index (χ1) is 11.8. The molecule has 2 aromatic heterocycles. The van der Waals surface area contributed by atoms with E-state index in [2.05, 4.69) is 10.3 Å². The van der Waals surface area contributed by atoms with Gasteiger partial charge in [0.25, 0.3) is 5.91 Å². The summed E-state index contributed by atoms with van der Waals surface area (Å²) in [5.41, 5.74) is 1.59. The van der Waals surface area contributed by atoms with Crippen LogP contribution in [0.4, 0.5) is 5.69 Å². The molecular formula is C18H16N2O3S. The topological polar surface area (TPSA) is 71.5 Å². The van der Waals surface area contributed by atoms with E-state index in [1.807, 2.05) is 23.6 Å². The molecule has 0 aliphatic heterocycles. The highest BCUT2D eigenvalue weighted by atomic mass is 32.1. The number of nitrogens with one attached hydrogen (secondary N) is 1. The fourth-order valence-electron chi connectivity index (χ4n) is 2.14. The molecule has 0 atom stereocenters. The van der Waals surface area contributed by atoms with Crippen molar-refractivity contribution in [2.24, 2.45) is 0 Å². The van der Waals surface area contributed by atoms with Gasteiger partial charge in [0.05, 0.1) is 18.5 Å². The van der Waals surface area contributed by atoms with Gasteiger partial charge in [0.1, 0.15) is 12.4 Å². The molecular weight excluding hydrogens is 324 g/mol. The molecule has 0 aliphatic rings. The zero-order valence-electron chi connectivity index (χ0n) is 12.8. The summed E-state index contributed by atoms with van der Waals surface area (Å²) < 4.78 is 5.71. The van der Waals surface area contributed by atoms with Crippen molar-refractivity contribution in [2.45, 2.75) is 13.2 Å². The number of anilines is 1. The highest BCUT2D eigenvalue weighted by Gasteiger charge is 2.10. The number of carbonyl (C=O) groups is 1. The third-order valence-corrected chi connectivity index (χ3v) is 4.24. The Morgan fingerprint density at radius 2 is 2.17 bits per heavy atom. The number of carbonyl (C=O) groups excluding carboxylic acids is 1. The molecule has 24 heavy (non-hydrogen) atoms. The number of ether oxygens (including phenoxy) is 1. The molecule has 0 aliphatic carbocycles. The summed E-state index contributed by atoms with van der Waals surface area (Å²) >= 11 is 1.62. The Morgan fingerprint density at radius 1 is 1.25 bits per heavy atom. The highest BCUT2D eigenvalue weighted by molar-refractivity contribution is 7.09. The van der Waals surface area contributed by atoms with Gasteiger partial charge in [-0.05, 0) is 35.7 Å². The zero-order chi connectivity index (χ0) is 16.8. The molecule has 0 saturated carbocycles. The molecule has 3 aromatic rings. The van der Waals surface area contributed by atoms with Crippen LogP contribution in [0.1, 0.15) is 20.8 Å². The minimum absolute atomic E-state index is 0.165. The number of hydrogen-bond acceptors (Lipinski definition) is 5. The predicted octanol–water partition coefficient (Wildman–Crippen LogP) is 3.47. The second kappa shape index (κ2) is 7.72. The molecule has 0 saturated heterocycles. The maximum atomic E-state index is 12.4. The molecule has 0 radical (unpaired) electrons.